The highest BCUT2D eigenvalue weighted by Gasteiger charge is 2.36. The molecule has 2 rings (SSSR count). The number of nitrogens with one attached hydrogen (secondary N) is 2. The van der Waals surface area contributed by atoms with E-state index in [0.717, 1.165) is 18.4 Å². The standard InChI is InChI=1S/C18H23N3O2/c1-13-6-5-9-18(10-13,12-19)21-16(22)11-20-17(23)15-8-4-3-7-14(15)2/h3-4,7-8,13H,5-6,9-11H2,1-2H3,(H,20,23)(H,21,22)/t13-,18+/m1/s1. The van der Waals surface area contributed by atoms with Gasteiger partial charge in [-0.05, 0) is 43.7 Å². The van der Waals surface area contributed by atoms with Crippen LogP contribution in [0.4, 0.5) is 0 Å². The molecule has 5 heteroatoms. The van der Waals surface area contributed by atoms with E-state index in [1.165, 1.54) is 0 Å². The smallest absolute Gasteiger partial charge is 0.251 e. The lowest BCUT2D eigenvalue weighted by molar-refractivity contribution is -0.121. The molecule has 2 atom stereocenters. The quantitative estimate of drug-likeness (QED) is 0.895. The Morgan fingerprint density at radius 1 is 1.39 bits per heavy atom. The molecule has 1 aliphatic rings. The van der Waals surface area contributed by atoms with E-state index in [2.05, 4.69) is 23.6 Å². The molecular formula is C18H23N3O2. The first kappa shape index (κ1) is 17.0. The molecule has 1 fully saturated rings. The molecule has 1 aromatic carbocycles. The number of nitrogens with zero attached hydrogens (tertiary/aromatic N) is 1. The Labute approximate surface area is 137 Å². The third kappa shape index (κ3) is 4.32. The maximum atomic E-state index is 12.1. The van der Waals surface area contributed by atoms with Gasteiger partial charge in [0.1, 0.15) is 5.54 Å². The van der Waals surface area contributed by atoms with E-state index in [4.69, 9.17) is 0 Å². The van der Waals surface area contributed by atoms with Crippen molar-refractivity contribution in [3.05, 3.63) is 35.4 Å². The van der Waals surface area contributed by atoms with Gasteiger partial charge in [-0.15, -0.1) is 0 Å². The summed E-state index contributed by atoms with van der Waals surface area (Å²) in [6.07, 6.45) is 3.36. The summed E-state index contributed by atoms with van der Waals surface area (Å²) in [5.74, 6) is -0.172. The third-order valence-corrected chi connectivity index (χ3v) is 4.39. The van der Waals surface area contributed by atoms with E-state index < -0.39 is 5.54 Å². The number of carbonyl (C=O) groups is 2. The van der Waals surface area contributed by atoms with Gasteiger partial charge >= 0.3 is 0 Å². The minimum atomic E-state index is -0.790. The maximum Gasteiger partial charge on any atom is 0.251 e. The van der Waals surface area contributed by atoms with E-state index in [1.54, 1.807) is 12.1 Å². The number of nitriles is 1. The lowest BCUT2D eigenvalue weighted by atomic mass is 9.77. The fourth-order valence-electron chi connectivity index (χ4n) is 3.19. The largest absolute Gasteiger partial charge is 0.343 e. The molecule has 0 aliphatic heterocycles. The van der Waals surface area contributed by atoms with Gasteiger partial charge in [-0.2, -0.15) is 5.26 Å². The van der Waals surface area contributed by atoms with Crippen LogP contribution in [0.2, 0.25) is 0 Å². The third-order valence-electron chi connectivity index (χ3n) is 4.39. The number of aryl methyl sites for hydroxylation is 1. The molecule has 0 unspecified atom stereocenters. The topological polar surface area (TPSA) is 82.0 Å². The highest BCUT2D eigenvalue weighted by molar-refractivity contribution is 5.97. The van der Waals surface area contributed by atoms with Crippen molar-refractivity contribution in [1.29, 1.82) is 5.26 Å². The van der Waals surface area contributed by atoms with Crippen molar-refractivity contribution in [2.75, 3.05) is 6.54 Å². The Kier molecular flexibility index (Phi) is 5.38. The molecule has 1 saturated carbocycles. The van der Waals surface area contributed by atoms with Gasteiger partial charge in [0.2, 0.25) is 5.91 Å². The van der Waals surface area contributed by atoms with Gasteiger partial charge in [0, 0.05) is 5.56 Å². The minimum absolute atomic E-state index is 0.120. The zero-order chi connectivity index (χ0) is 16.9. The van der Waals surface area contributed by atoms with Crippen molar-refractivity contribution in [3.8, 4) is 6.07 Å². The zero-order valence-corrected chi connectivity index (χ0v) is 13.7. The summed E-state index contributed by atoms with van der Waals surface area (Å²) in [6, 6.07) is 9.49. The second kappa shape index (κ2) is 7.28. The Morgan fingerprint density at radius 2 is 2.13 bits per heavy atom. The number of hydrogen-bond donors (Lipinski definition) is 2. The molecule has 0 aromatic heterocycles. The Morgan fingerprint density at radius 3 is 2.78 bits per heavy atom. The molecule has 122 valence electrons. The van der Waals surface area contributed by atoms with Crippen LogP contribution in [0.15, 0.2) is 24.3 Å². The highest BCUT2D eigenvalue weighted by atomic mass is 16.2. The highest BCUT2D eigenvalue weighted by Crippen LogP contribution is 2.31. The van der Waals surface area contributed by atoms with Crippen LogP contribution in [0.1, 0.15) is 48.5 Å². The fraction of sp³-hybridized carbons (Fsp3) is 0.500. The van der Waals surface area contributed by atoms with Gasteiger partial charge in [0.25, 0.3) is 5.91 Å². The van der Waals surface area contributed by atoms with Crippen LogP contribution < -0.4 is 10.6 Å². The van der Waals surface area contributed by atoms with Gasteiger partial charge in [-0.25, -0.2) is 0 Å². The van der Waals surface area contributed by atoms with Gasteiger partial charge in [0.05, 0.1) is 12.6 Å². The summed E-state index contributed by atoms with van der Waals surface area (Å²) in [5, 5.41) is 14.9. The number of amides is 2. The average Bonchev–Trinajstić information content (AvgIpc) is 2.53. The summed E-state index contributed by atoms with van der Waals surface area (Å²) in [6.45, 7) is 3.82. The summed E-state index contributed by atoms with van der Waals surface area (Å²) in [5.41, 5.74) is 0.629. The summed E-state index contributed by atoms with van der Waals surface area (Å²) >= 11 is 0. The number of benzene rings is 1. The molecule has 2 N–H and O–H groups in total. The van der Waals surface area contributed by atoms with E-state index in [0.29, 0.717) is 24.3 Å². The average molecular weight is 313 g/mol. The molecule has 0 spiro atoms. The molecular weight excluding hydrogens is 290 g/mol. The van der Waals surface area contributed by atoms with Crippen LogP contribution in [0.3, 0.4) is 0 Å². The lowest BCUT2D eigenvalue weighted by Crippen LogP contribution is -2.52. The first-order chi connectivity index (χ1) is 11.0. The Bertz CT molecular complexity index is 635. The van der Waals surface area contributed by atoms with E-state index >= 15 is 0 Å². The van der Waals surface area contributed by atoms with Crippen LogP contribution >= 0.6 is 0 Å². The lowest BCUT2D eigenvalue weighted by Gasteiger charge is -2.35. The molecule has 0 bridgehead atoms. The molecule has 1 aromatic rings. The second-order valence-corrected chi connectivity index (χ2v) is 6.44. The number of hydrogen-bond acceptors (Lipinski definition) is 3. The molecule has 1 aliphatic carbocycles. The predicted octanol–water partition coefficient (Wildman–Crippen LogP) is 2.31. The normalized spacial score (nSPS) is 23.6. The van der Waals surface area contributed by atoms with Crippen molar-refractivity contribution in [2.45, 2.75) is 45.1 Å². The van der Waals surface area contributed by atoms with Crippen molar-refractivity contribution in [1.82, 2.24) is 10.6 Å². The van der Waals surface area contributed by atoms with E-state index in [-0.39, 0.29) is 18.4 Å². The first-order valence-electron chi connectivity index (χ1n) is 8.02. The Balaban J connectivity index is 1.91. The van der Waals surface area contributed by atoms with Crippen LogP contribution in [0.25, 0.3) is 0 Å². The summed E-state index contributed by atoms with van der Waals surface area (Å²) in [4.78, 5) is 24.2. The van der Waals surface area contributed by atoms with Crippen molar-refractivity contribution in [3.63, 3.8) is 0 Å². The van der Waals surface area contributed by atoms with Gasteiger partial charge in [0.15, 0.2) is 0 Å². The molecule has 0 radical (unpaired) electrons. The number of rotatable bonds is 4. The van der Waals surface area contributed by atoms with Gasteiger partial charge in [-0.3, -0.25) is 9.59 Å². The van der Waals surface area contributed by atoms with Gasteiger partial charge in [-0.1, -0.05) is 31.5 Å². The monoisotopic (exact) mass is 313 g/mol. The first-order valence-corrected chi connectivity index (χ1v) is 8.02. The molecule has 0 saturated heterocycles. The predicted molar refractivity (Wildman–Crippen MR) is 87.6 cm³/mol. The molecule has 0 heterocycles. The zero-order valence-electron chi connectivity index (χ0n) is 13.7. The number of carbonyl (C=O) groups excluding carboxylic acids is 2. The molecule has 23 heavy (non-hydrogen) atoms. The van der Waals surface area contributed by atoms with Crippen molar-refractivity contribution >= 4 is 11.8 Å². The summed E-state index contributed by atoms with van der Waals surface area (Å²) < 4.78 is 0. The molecule has 2 amide bonds. The second-order valence-electron chi connectivity index (χ2n) is 6.44. The summed E-state index contributed by atoms with van der Waals surface area (Å²) in [7, 11) is 0. The van der Waals surface area contributed by atoms with Crippen LogP contribution in [-0.4, -0.2) is 23.9 Å². The SMILES string of the molecule is Cc1ccccc1C(=O)NCC(=O)N[C@@]1(C#N)CCC[C@@H](C)C1. The minimum Gasteiger partial charge on any atom is -0.343 e. The van der Waals surface area contributed by atoms with Gasteiger partial charge < -0.3 is 10.6 Å². The van der Waals surface area contributed by atoms with E-state index in [9.17, 15) is 14.9 Å². The maximum absolute atomic E-state index is 12.1. The van der Waals surface area contributed by atoms with E-state index in [1.807, 2.05) is 19.1 Å². The van der Waals surface area contributed by atoms with Crippen LogP contribution in [0, 0.1) is 24.2 Å². The van der Waals surface area contributed by atoms with Crippen molar-refractivity contribution in [2.24, 2.45) is 5.92 Å². The van der Waals surface area contributed by atoms with Crippen LogP contribution in [-0.2, 0) is 4.79 Å². The van der Waals surface area contributed by atoms with Crippen molar-refractivity contribution < 1.29 is 9.59 Å². The van der Waals surface area contributed by atoms with Crippen LogP contribution in [0.5, 0.6) is 0 Å². The Hall–Kier alpha value is -2.35. The molecule has 5 nitrogen and oxygen atoms in total. The fourth-order valence-corrected chi connectivity index (χ4v) is 3.19.